The molecule has 2 rings (SSSR count). The first-order valence-electron chi connectivity index (χ1n) is 7.59. The molecule has 0 aliphatic heterocycles. The lowest BCUT2D eigenvalue weighted by atomic mass is 10.0. The zero-order chi connectivity index (χ0) is 15.2. The molecule has 0 saturated heterocycles. The van der Waals surface area contributed by atoms with Gasteiger partial charge in [-0.3, -0.25) is 4.68 Å². The summed E-state index contributed by atoms with van der Waals surface area (Å²) in [7, 11) is 1.94. The molecular formula is C17H25N3O. The number of hydrogen-bond donors (Lipinski definition) is 1. The van der Waals surface area contributed by atoms with Crippen molar-refractivity contribution in [1.29, 1.82) is 0 Å². The summed E-state index contributed by atoms with van der Waals surface area (Å²) in [6, 6.07) is 10.5. The van der Waals surface area contributed by atoms with E-state index < -0.39 is 0 Å². The van der Waals surface area contributed by atoms with Gasteiger partial charge < -0.3 is 10.1 Å². The van der Waals surface area contributed by atoms with Gasteiger partial charge in [0, 0.05) is 13.2 Å². The van der Waals surface area contributed by atoms with Gasteiger partial charge in [0.1, 0.15) is 5.75 Å². The maximum absolute atomic E-state index is 5.70. The minimum Gasteiger partial charge on any atom is -0.491 e. The molecule has 1 N–H and O–H groups in total. The molecule has 0 fully saturated rings. The van der Waals surface area contributed by atoms with Crippen molar-refractivity contribution in [1.82, 2.24) is 15.1 Å². The van der Waals surface area contributed by atoms with Gasteiger partial charge in [-0.05, 0) is 50.6 Å². The van der Waals surface area contributed by atoms with Crippen LogP contribution in [0.2, 0.25) is 0 Å². The van der Waals surface area contributed by atoms with Gasteiger partial charge in [-0.1, -0.05) is 19.1 Å². The molecule has 114 valence electrons. The van der Waals surface area contributed by atoms with E-state index in [2.05, 4.69) is 35.5 Å². The first kappa shape index (κ1) is 15.6. The first-order chi connectivity index (χ1) is 10.1. The normalized spacial score (nSPS) is 12.6. The Labute approximate surface area is 127 Å². The monoisotopic (exact) mass is 287 g/mol. The lowest BCUT2D eigenvalue weighted by molar-refractivity contribution is 0.242. The van der Waals surface area contributed by atoms with Crippen LogP contribution >= 0.6 is 0 Å². The number of aryl methyl sites for hydroxylation is 1. The molecule has 0 amide bonds. The molecule has 1 unspecified atom stereocenters. The van der Waals surface area contributed by atoms with Crippen LogP contribution in [0.4, 0.5) is 0 Å². The van der Waals surface area contributed by atoms with Crippen molar-refractivity contribution in [2.45, 2.75) is 39.3 Å². The number of nitrogens with zero attached hydrogens (tertiary/aromatic N) is 2. The van der Waals surface area contributed by atoms with Gasteiger partial charge in [0.15, 0.2) is 0 Å². The van der Waals surface area contributed by atoms with E-state index in [1.165, 1.54) is 5.56 Å². The van der Waals surface area contributed by atoms with E-state index in [1.54, 1.807) is 0 Å². The smallest absolute Gasteiger partial charge is 0.119 e. The molecule has 2 aromatic rings. The van der Waals surface area contributed by atoms with Crippen molar-refractivity contribution in [2.24, 2.45) is 7.05 Å². The summed E-state index contributed by atoms with van der Waals surface area (Å²) in [6.07, 6.45) is 3.27. The maximum Gasteiger partial charge on any atom is 0.119 e. The number of benzene rings is 1. The number of rotatable bonds is 7. The first-order valence-corrected chi connectivity index (χ1v) is 7.59. The minimum atomic E-state index is 0.124. The van der Waals surface area contributed by atoms with E-state index in [4.69, 9.17) is 4.74 Å². The van der Waals surface area contributed by atoms with Crippen LogP contribution < -0.4 is 10.1 Å². The van der Waals surface area contributed by atoms with Gasteiger partial charge in [-0.25, -0.2) is 0 Å². The molecule has 0 saturated carbocycles. The second-order valence-electron chi connectivity index (χ2n) is 5.54. The van der Waals surface area contributed by atoms with Gasteiger partial charge in [-0.15, -0.1) is 0 Å². The minimum absolute atomic E-state index is 0.124. The molecule has 1 aromatic carbocycles. The SMILES string of the molecule is CCCNC(c1ccc(OC(C)C)cc1)c1ccn(C)n1. The van der Waals surface area contributed by atoms with Crippen molar-refractivity contribution < 1.29 is 4.74 Å². The molecule has 0 bridgehead atoms. The average Bonchev–Trinajstić information content (AvgIpc) is 2.87. The Hall–Kier alpha value is -1.81. The number of ether oxygens (including phenoxy) is 1. The van der Waals surface area contributed by atoms with Crippen molar-refractivity contribution in [3.63, 3.8) is 0 Å². The lowest BCUT2D eigenvalue weighted by Gasteiger charge is -2.18. The van der Waals surface area contributed by atoms with E-state index in [0.717, 1.165) is 24.4 Å². The van der Waals surface area contributed by atoms with Crippen LogP contribution in [0.25, 0.3) is 0 Å². The summed E-state index contributed by atoms with van der Waals surface area (Å²) in [4.78, 5) is 0. The lowest BCUT2D eigenvalue weighted by Crippen LogP contribution is -2.23. The number of aromatic nitrogens is 2. The van der Waals surface area contributed by atoms with Crippen LogP contribution in [-0.2, 0) is 7.05 Å². The highest BCUT2D eigenvalue weighted by molar-refractivity contribution is 5.33. The predicted molar refractivity (Wildman–Crippen MR) is 85.6 cm³/mol. The molecule has 4 nitrogen and oxygen atoms in total. The largest absolute Gasteiger partial charge is 0.491 e. The molecular weight excluding hydrogens is 262 g/mol. The van der Waals surface area contributed by atoms with Gasteiger partial charge in [0.05, 0.1) is 17.8 Å². The zero-order valence-electron chi connectivity index (χ0n) is 13.3. The van der Waals surface area contributed by atoms with Gasteiger partial charge in [0.2, 0.25) is 0 Å². The third kappa shape index (κ3) is 4.33. The Kier molecular flexibility index (Phi) is 5.39. The van der Waals surface area contributed by atoms with Crippen LogP contribution in [0.5, 0.6) is 5.75 Å². The van der Waals surface area contributed by atoms with Crippen molar-refractivity contribution >= 4 is 0 Å². The van der Waals surface area contributed by atoms with E-state index in [-0.39, 0.29) is 12.1 Å². The molecule has 0 aliphatic carbocycles. The third-order valence-electron chi connectivity index (χ3n) is 3.21. The quantitative estimate of drug-likeness (QED) is 0.849. The summed E-state index contributed by atoms with van der Waals surface area (Å²) in [5.74, 6) is 0.906. The van der Waals surface area contributed by atoms with Crippen LogP contribution in [0.1, 0.15) is 44.5 Å². The van der Waals surface area contributed by atoms with E-state index in [1.807, 2.05) is 43.9 Å². The van der Waals surface area contributed by atoms with Crippen LogP contribution in [0, 0.1) is 0 Å². The summed E-state index contributed by atoms with van der Waals surface area (Å²) < 4.78 is 7.54. The molecule has 1 atom stereocenters. The fourth-order valence-corrected chi connectivity index (χ4v) is 2.28. The Morgan fingerprint density at radius 1 is 1.19 bits per heavy atom. The molecule has 1 aromatic heterocycles. The summed E-state index contributed by atoms with van der Waals surface area (Å²) in [5, 5.41) is 8.09. The van der Waals surface area contributed by atoms with Crippen molar-refractivity contribution in [2.75, 3.05) is 6.54 Å². The Morgan fingerprint density at radius 3 is 2.43 bits per heavy atom. The summed E-state index contributed by atoms with van der Waals surface area (Å²) in [6.45, 7) is 7.20. The van der Waals surface area contributed by atoms with E-state index in [9.17, 15) is 0 Å². The summed E-state index contributed by atoms with van der Waals surface area (Å²) in [5.41, 5.74) is 2.25. The molecule has 1 heterocycles. The van der Waals surface area contributed by atoms with Gasteiger partial charge in [0.25, 0.3) is 0 Å². The van der Waals surface area contributed by atoms with E-state index in [0.29, 0.717) is 0 Å². The Bertz CT molecular complexity index is 545. The maximum atomic E-state index is 5.70. The van der Waals surface area contributed by atoms with Crippen LogP contribution in [0.15, 0.2) is 36.5 Å². The molecule has 0 aliphatic rings. The van der Waals surface area contributed by atoms with Crippen LogP contribution in [0.3, 0.4) is 0 Å². The number of nitrogens with one attached hydrogen (secondary N) is 1. The second kappa shape index (κ2) is 7.27. The van der Waals surface area contributed by atoms with Crippen LogP contribution in [-0.4, -0.2) is 22.4 Å². The third-order valence-corrected chi connectivity index (χ3v) is 3.21. The fraction of sp³-hybridized carbons (Fsp3) is 0.471. The predicted octanol–water partition coefficient (Wildman–Crippen LogP) is 3.30. The molecule has 0 radical (unpaired) electrons. The average molecular weight is 287 g/mol. The summed E-state index contributed by atoms with van der Waals surface area (Å²) >= 11 is 0. The zero-order valence-corrected chi connectivity index (χ0v) is 13.3. The second-order valence-corrected chi connectivity index (χ2v) is 5.54. The fourth-order valence-electron chi connectivity index (χ4n) is 2.28. The highest BCUT2D eigenvalue weighted by Crippen LogP contribution is 2.23. The standard InChI is InChI=1S/C17H25N3O/c1-5-11-18-17(16-10-12-20(4)19-16)14-6-8-15(9-7-14)21-13(2)3/h6-10,12-13,17-18H,5,11H2,1-4H3. The van der Waals surface area contributed by atoms with E-state index >= 15 is 0 Å². The highest BCUT2D eigenvalue weighted by atomic mass is 16.5. The Morgan fingerprint density at radius 2 is 1.90 bits per heavy atom. The molecule has 0 spiro atoms. The molecule has 21 heavy (non-hydrogen) atoms. The number of hydrogen-bond acceptors (Lipinski definition) is 3. The molecule has 4 heteroatoms. The highest BCUT2D eigenvalue weighted by Gasteiger charge is 2.16. The van der Waals surface area contributed by atoms with Crippen molar-refractivity contribution in [3.05, 3.63) is 47.8 Å². The Balaban J connectivity index is 2.20. The van der Waals surface area contributed by atoms with Gasteiger partial charge in [-0.2, -0.15) is 5.10 Å². The van der Waals surface area contributed by atoms with Crippen molar-refractivity contribution in [3.8, 4) is 5.75 Å². The topological polar surface area (TPSA) is 39.1 Å². The van der Waals surface area contributed by atoms with Gasteiger partial charge >= 0.3 is 0 Å².